The van der Waals surface area contributed by atoms with Gasteiger partial charge in [0, 0.05) is 30.0 Å². The summed E-state index contributed by atoms with van der Waals surface area (Å²) in [5, 5.41) is 10.5. The third-order valence-electron chi connectivity index (χ3n) is 4.46. The molecule has 1 saturated heterocycles. The summed E-state index contributed by atoms with van der Waals surface area (Å²) in [7, 11) is 0. The highest BCUT2D eigenvalue weighted by Crippen LogP contribution is 2.24. The third-order valence-corrected chi connectivity index (χ3v) is 4.46. The molecule has 4 rings (SSSR count). The van der Waals surface area contributed by atoms with E-state index in [2.05, 4.69) is 37.5 Å². The largest absolute Gasteiger partial charge is 0.491 e. The Balaban J connectivity index is 1.43. The normalized spacial score (nSPS) is 14.3. The van der Waals surface area contributed by atoms with Crippen molar-refractivity contribution in [2.45, 2.75) is 20.0 Å². The summed E-state index contributed by atoms with van der Waals surface area (Å²) >= 11 is 0. The fourth-order valence-electron chi connectivity index (χ4n) is 3.14. The molecule has 2 heterocycles. The Kier molecular flexibility index (Phi) is 5.43. The number of hydrogen-bond acceptors (Lipinski definition) is 6. The van der Waals surface area contributed by atoms with Crippen LogP contribution in [-0.2, 0) is 4.74 Å². The topological polar surface area (TPSA) is 75.3 Å². The standard InChI is InChI=1S/C21H25N5O2/c1-15(2)28-19-5-3-4-16(14-19)20-23-21(25-24-20)22-17-6-8-18(9-7-17)26-10-12-27-13-11-26/h3-9,14-15H,10-13H2,1-2H3,(H2,22,23,24,25). The number of morpholine rings is 1. The van der Waals surface area contributed by atoms with E-state index >= 15 is 0 Å². The molecule has 0 spiro atoms. The van der Waals surface area contributed by atoms with Crippen LogP contribution in [-0.4, -0.2) is 47.6 Å². The fourth-order valence-corrected chi connectivity index (χ4v) is 3.14. The van der Waals surface area contributed by atoms with Crippen LogP contribution < -0.4 is 15.0 Å². The van der Waals surface area contributed by atoms with E-state index in [0.717, 1.165) is 43.3 Å². The third kappa shape index (κ3) is 4.43. The van der Waals surface area contributed by atoms with Crippen LogP contribution in [0, 0.1) is 0 Å². The number of nitrogens with zero attached hydrogens (tertiary/aromatic N) is 3. The minimum absolute atomic E-state index is 0.127. The van der Waals surface area contributed by atoms with Crippen molar-refractivity contribution in [1.29, 1.82) is 0 Å². The van der Waals surface area contributed by atoms with E-state index in [1.54, 1.807) is 0 Å². The lowest BCUT2D eigenvalue weighted by Crippen LogP contribution is -2.36. The summed E-state index contributed by atoms with van der Waals surface area (Å²) in [6, 6.07) is 16.1. The first-order valence-corrected chi connectivity index (χ1v) is 9.57. The van der Waals surface area contributed by atoms with Crippen molar-refractivity contribution in [3.8, 4) is 17.1 Å². The summed E-state index contributed by atoms with van der Waals surface area (Å²) in [5.41, 5.74) is 3.08. The van der Waals surface area contributed by atoms with Gasteiger partial charge >= 0.3 is 0 Å². The highest BCUT2D eigenvalue weighted by molar-refractivity contribution is 5.62. The van der Waals surface area contributed by atoms with Gasteiger partial charge in [-0.3, -0.25) is 5.10 Å². The van der Waals surface area contributed by atoms with Crippen molar-refractivity contribution >= 4 is 17.3 Å². The van der Waals surface area contributed by atoms with Gasteiger partial charge < -0.3 is 19.7 Å². The van der Waals surface area contributed by atoms with Crippen LogP contribution in [0.15, 0.2) is 48.5 Å². The SMILES string of the molecule is CC(C)Oc1cccc(-c2nc(Nc3ccc(N4CCOCC4)cc3)n[nH]2)c1. The highest BCUT2D eigenvalue weighted by atomic mass is 16.5. The molecule has 28 heavy (non-hydrogen) atoms. The number of benzene rings is 2. The van der Waals surface area contributed by atoms with Gasteiger partial charge in [0.05, 0.1) is 19.3 Å². The lowest BCUT2D eigenvalue weighted by atomic mass is 10.2. The zero-order chi connectivity index (χ0) is 19.3. The minimum atomic E-state index is 0.127. The van der Waals surface area contributed by atoms with Gasteiger partial charge in [0.2, 0.25) is 5.95 Å². The zero-order valence-electron chi connectivity index (χ0n) is 16.2. The molecule has 0 aliphatic carbocycles. The molecule has 0 saturated carbocycles. The predicted molar refractivity (Wildman–Crippen MR) is 110 cm³/mol. The molecule has 1 aromatic heterocycles. The van der Waals surface area contributed by atoms with Crippen LogP contribution in [0.25, 0.3) is 11.4 Å². The van der Waals surface area contributed by atoms with Gasteiger partial charge in [0.25, 0.3) is 0 Å². The number of ether oxygens (including phenoxy) is 2. The number of aromatic amines is 1. The molecule has 7 heteroatoms. The van der Waals surface area contributed by atoms with Crippen molar-refractivity contribution in [2.24, 2.45) is 0 Å². The van der Waals surface area contributed by atoms with Crippen LogP contribution in [0.3, 0.4) is 0 Å². The smallest absolute Gasteiger partial charge is 0.246 e. The van der Waals surface area contributed by atoms with E-state index < -0.39 is 0 Å². The molecule has 1 aliphatic heterocycles. The highest BCUT2D eigenvalue weighted by Gasteiger charge is 2.11. The molecule has 2 aromatic carbocycles. The van der Waals surface area contributed by atoms with Crippen LogP contribution >= 0.6 is 0 Å². The Morgan fingerprint density at radius 2 is 1.89 bits per heavy atom. The van der Waals surface area contributed by atoms with E-state index in [1.807, 2.05) is 50.2 Å². The van der Waals surface area contributed by atoms with E-state index in [-0.39, 0.29) is 6.10 Å². The Morgan fingerprint density at radius 3 is 2.64 bits per heavy atom. The summed E-state index contributed by atoms with van der Waals surface area (Å²) in [4.78, 5) is 6.87. The van der Waals surface area contributed by atoms with Crippen molar-refractivity contribution in [3.05, 3.63) is 48.5 Å². The molecule has 7 nitrogen and oxygen atoms in total. The average Bonchev–Trinajstić information content (AvgIpc) is 3.17. The van der Waals surface area contributed by atoms with Gasteiger partial charge in [0.1, 0.15) is 5.75 Å². The van der Waals surface area contributed by atoms with E-state index in [9.17, 15) is 0 Å². The molecular formula is C21H25N5O2. The Hall–Kier alpha value is -3.06. The van der Waals surface area contributed by atoms with Crippen LogP contribution in [0.1, 0.15) is 13.8 Å². The van der Waals surface area contributed by atoms with E-state index in [1.165, 1.54) is 5.69 Å². The van der Waals surface area contributed by atoms with Gasteiger partial charge in [-0.1, -0.05) is 12.1 Å². The molecule has 0 bridgehead atoms. The second kappa shape index (κ2) is 8.31. The van der Waals surface area contributed by atoms with Crippen LogP contribution in [0.2, 0.25) is 0 Å². The molecule has 0 radical (unpaired) electrons. The number of hydrogen-bond donors (Lipinski definition) is 2. The summed E-state index contributed by atoms with van der Waals surface area (Å²) < 4.78 is 11.2. The van der Waals surface area contributed by atoms with Crippen molar-refractivity contribution < 1.29 is 9.47 Å². The van der Waals surface area contributed by atoms with Gasteiger partial charge in [-0.2, -0.15) is 4.98 Å². The predicted octanol–water partition coefficient (Wildman–Crippen LogP) is 3.84. The number of nitrogens with one attached hydrogen (secondary N) is 2. The number of H-pyrrole nitrogens is 1. The molecular weight excluding hydrogens is 354 g/mol. The molecule has 1 fully saturated rings. The van der Waals surface area contributed by atoms with Crippen molar-refractivity contribution in [1.82, 2.24) is 15.2 Å². The number of anilines is 3. The van der Waals surface area contributed by atoms with Gasteiger partial charge in [-0.05, 0) is 50.2 Å². The molecule has 3 aromatic rings. The fraction of sp³-hybridized carbons (Fsp3) is 0.333. The average molecular weight is 379 g/mol. The van der Waals surface area contributed by atoms with Gasteiger partial charge in [-0.25, -0.2) is 0 Å². The molecule has 2 N–H and O–H groups in total. The Morgan fingerprint density at radius 1 is 1.11 bits per heavy atom. The maximum Gasteiger partial charge on any atom is 0.246 e. The maximum absolute atomic E-state index is 5.75. The van der Waals surface area contributed by atoms with Crippen LogP contribution in [0.4, 0.5) is 17.3 Å². The first-order valence-electron chi connectivity index (χ1n) is 9.57. The second-order valence-corrected chi connectivity index (χ2v) is 6.97. The van der Waals surface area contributed by atoms with E-state index in [4.69, 9.17) is 9.47 Å². The quantitative estimate of drug-likeness (QED) is 0.678. The van der Waals surface area contributed by atoms with E-state index in [0.29, 0.717) is 11.8 Å². The maximum atomic E-state index is 5.75. The summed E-state index contributed by atoms with van der Waals surface area (Å²) in [6.07, 6.45) is 0.127. The molecule has 0 atom stereocenters. The van der Waals surface area contributed by atoms with Crippen molar-refractivity contribution in [3.63, 3.8) is 0 Å². The van der Waals surface area contributed by atoms with Gasteiger partial charge in [0.15, 0.2) is 5.82 Å². The Labute approximate surface area is 164 Å². The monoisotopic (exact) mass is 379 g/mol. The molecule has 146 valence electrons. The summed E-state index contributed by atoms with van der Waals surface area (Å²) in [6.45, 7) is 7.43. The zero-order valence-corrected chi connectivity index (χ0v) is 16.2. The van der Waals surface area contributed by atoms with Crippen molar-refractivity contribution in [2.75, 3.05) is 36.5 Å². The number of rotatable bonds is 6. The minimum Gasteiger partial charge on any atom is -0.491 e. The Bertz CT molecular complexity index is 901. The lowest BCUT2D eigenvalue weighted by molar-refractivity contribution is 0.122. The molecule has 1 aliphatic rings. The summed E-state index contributed by atoms with van der Waals surface area (Å²) in [5.74, 6) is 2.04. The lowest BCUT2D eigenvalue weighted by Gasteiger charge is -2.28. The van der Waals surface area contributed by atoms with Crippen LogP contribution in [0.5, 0.6) is 5.75 Å². The number of aromatic nitrogens is 3. The first-order chi connectivity index (χ1) is 13.7. The molecule has 0 amide bonds. The second-order valence-electron chi connectivity index (χ2n) is 6.97. The first kappa shape index (κ1) is 18.3. The van der Waals surface area contributed by atoms with Gasteiger partial charge in [-0.15, -0.1) is 5.10 Å². The molecule has 0 unspecified atom stereocenters.